The summed E-state index contributed by atoms with van der Waals surface area (Å²) in [5.74, 6) is -0.827. The molecule has 0 unspecified atom stereocenters. The maximum atomic E-state index is 13.6. The lowest BCUT2D eigenvalue weighted by atomic mass is 10.1. The zero-order chi connectivity index (χ0) is 18.4. The van der Waals surface area contributed by atoms with Crippen molar-refractivity contribution in [2.24, 2.45) is 0 Å². The first-order chi connectivity index (χ1) is 11.6. The smallest absolute Gasteiger partial charge is 0.347 e. The zero-order valence-electron chi connectivity index (χ0n) is 13.7. The summed E-state index contributed by atoms with van der Waals surface area (Å²) >= 11 is 1.08. The van der Waals surface area contributed by atoms with Crippen molar-refractivity contribution < 1.29 is 18.0 Å². The van der Waals surface area contributed by atoms with Crippen LogP contribution in [0.1, 0.15) is 36.8 Å². The number of nitrogens with one attached hydrogen (secondary N) is 1. The van der Waals surface area contributed by atoms with Gasteiger partial charge in [0.1, 0.15) is 0 Å². The van der Waals surface area contributed by atoms with E-state index in [1.165, 1.54) is 0 Å². The maximum Gasteiger partial charge on any atom is 0.434 e. The van der Waals surface area contributed by atoms with Gasteiger partial charge in [-0.1, -0.05) is 23.5 Å². The number of nitrogens with zero attached hydrogens (tertiary/aromatic N) is 3. The summed E-state index contributed by atoms with van der Waals surface area (Å²) in [6.45, 7) is 5.07. The van der Waals surface area contributed by atoms with Crippen molar-refractivity contribution in [3.05, 3.63) is 41.7 Å². The van der Waals surface area contributed by atoms with Gasteiger partial charge in [0.15, 0.2) is 5.69 Å². The summed E-state index contributed by atoms with van der Waals surface area (Å²) in [4.78, 5) is 16.5. The summed E-state index contributed by atoms with van der Waals surface area (Å²) in [5, 5.41) is 6.37. The lowest BCUT2D eigenvalue weighted by Gasteiger charge is -2.20. The van der Waals surface area contributed by atoms with Crippen molar-refractivity contribution >= 4 is 27.5 Å². The van der Waals surface area contributed by atoms with E-state index in [2.05, 4.69) is 15.4 Å². The van der Waals surface area contributed by atoms with E-state index in [1.54, 1.807) is 45.0 Å². The number of carbonyl (C=O) groups is 1. The van der Waals surface area contributed by atoms with E-state index in [0.717, 1.165) is 22.2 Å². The van der Waals surface area contributed by atoms with Crippen molar-refractivity contribution in [2.45, 2.75) is 32.5 Å². The fourth-order valence-corrected chi connectivity index (χ4v) is 3.22. The van der Waals surface area contributed by atoms with Crippen LogP contribution in [0.3, 0.4) is 0 Å². The van der Waals surface area contributed by atoms with Crippen molar-refractivity contribution in [1.82, 2.24) is 20.1 Å². The molecule has 0 spiro atoms. The summed E-state index contributed by atoms with van der Waals surface area (Å²) in [6, 6.07) is 7.00. The Morgan fingerprint density at radius 3 is 2.48 bits per heavy atom. The number of hydrogen-bond acceptors (Lipinski definition) is 4. The van der Waals surface area contributed by atoms with E-state index >= 15 is 0 Å². The van der Waals surface area contributed by atoms with Gasteiger partial charge in [-0.3, -0.25) is 4.79 Å². The van der Waals surface area contributed by atoms with E-state index < -0.39 is 28.9 Å². The van der Waals surface area contributed by atoms with Gasteiger partial charge in [-0.05, 0) is 32.9 Å². The summed E-state index contributed by atoms with van der Waals surface area (Å²) in [6.07, 6.45) is -3.82. The van der Waals surface area contributed by atoms with Gasteiger partial charge in [-0.25, -0.2) is 9.67 Å². The van der Waals surface area contributed by atoms with Gasteiger partial charge in [0.05, 0.1) is 22.0 Å². The minimum Gasteiger partial charge on any atom is -0.347 e. The van der Waals surface area contributed by atoms with Crippen molar-refractivity contribution in [3.63, 3.8) is 0 Å². The molecule has 2 heterocycles. The average Bonchev–Trinajstić information content (AvgIpc) is 3.08. The predicted octanol–water partition coefficient (Wildman–Crippen LogP) is 4.03. The number of alkyl halides is 3. The van der Waals surface area contributed by atoms with Crippen molar-refractivity contribution in [3.8, 4) is 5.13 Å². The number of hydrogen-bond donors (Lipinski definition) is 1. The third-order valence-corrected chi connectivity index (χ3v) is 4.25. The van der Waals surface area contributed by atoms with Crippen LogP contribution >= 0.6 is 11.3 Å². The Morgan fingerprint density at radius 2 is 1.88 bits per heavy atom. The second-order valence-corrected chi connectivity index (χ2v) is 7.49. The minimum absolute atomic E-state index is 0.0586. The number of benzene rings is 1. The Morgan fingerprint density at radius 1 is 1.20 bits per heavy atom. The van der Waals surface area contributed by atoms with Gasteiger partial charge in [-0.15, -0.1) is 0 Å². The maximum absolute atomic E-state index is 13.6. The molecule has 1 aromatic carbocycles. The first-order valence-corrected chi connectivity index (χ1v) is 8.21. The number of rotatable bonds is 2. The number of aromatic nitrogens is 3. The molecule has 2 aromatic heterocycles. The largest absolute Gasteiger partial charge is 0.434 e. The number of para-hydroxylation sites is 1. The van der Waals surface area contributed by atoms with Crippen LogP contribution in [0.2, 0.25) is 0 Å². The van der Waals surface area contributed by atoms with E-state index in [-0.39, 0.29) is 5.13 Å². The molecular weight excluding hydrogens is 353 g/mol. The Kier molecular flexibility index (Phi) is 4.06. The number of halogens is 3. The van der Waals surface area contributed by atoms with Crippen LogP contribution in [-0.4, -0.2) is 26.2 Å². The van der Waals surface area contributed by atoms with Crippen LogP contribution in [-0.2, 0) is 6.18 Å². The number of amides is 1. The Balaban J connectivity index is 2.13. The molecule has 9 heteroatoms. The lowest BCUT2D eigenvalue weighted by Crippen LogP contribution is -2.41. The first-order valence-electron chi connectivity index (χ1n) is 7.40. The molecule has 0 radical (unpaired) electrons. The standard InChI is InChI=1S/C16H15F3N4OS/c1-15(2,3)22-13(24)9-8-20-23(12(9)16(17,18)19)14-21-10-6-4-5-7-11(10)25-14/h4-8H,1-3H3,(H,22,24). The van der Waals surface area contributed by atoms with Crippen LogP contribution < -0.4 is 5.32 Å². The van der Waals surface area contributed by atoms with Gasteiger partial charge in [0.25, 0.3) is 5.91 Å². The Bertz CT molecular complexity index is 904. The molecule has 0 aliphatic carbocycles. The quantitative estimate of drug-likeness (QED) is 0.743. The highest BCUT2D eigenvalue weighted by molar-refractivity contribution is 7.20. The van der Waals surface area contributed by atoms with E-state index in [1.807, 2.05) is 0 Å². The molecule has 132 valence electrons. The van der Waals surface area contributed by atoms with Crippen LogP contribution in [0, 0.1) is 0 Å². The summed E-state index contributed by atoms with van der Waals surface area (Å²) in [5.41, 5.74) is -1.75. The Hall–Kier alpha value is -2.42. The van der Waals surface area contributed by atoms with Crippen molar-refractivity contribution in [1.29, 1.82) is 0 Å². The number of fused-ring (bicyclic) bond motifs is 1. The first kappa shape index (κ1) is 17.4. The fourth-order valence-electron chi connectivity index (χ4n) is 2.29. The minimum atomic E-state index is -4.75. The number of thiazole rings is 1. The highest BCUT2D eigenvalue weighted by atomic mass is 32.1. The van der Waals surface area contributed by atoms with Crippen LogP contribution in [0.25, 0.3) is 15.3 Å². The van der Waals surface area contributed by atoms with Crippen molar-refractivity contribution in [2.75, 3.05) is 0 Å². The van der Waals surface area contributed by atoms with Crippen LogP contribution in [0.4, 0.5) is 13.2 Å². The SMILES string of the molecule is CC(C)(C)NC(=O)c1cnn(-c2nc3ccccc3s2)c1C(F)(F)F. The molecule has 0 saturated carbocycles. The zero-order valence-corrected chi connectivity index (χ0v) is 14.5. The third kappa shape index (κ3) is 3.51. The lowest BCUT2D eigenvalue weighted by molar-refractivity contribution is -0.143. The average molecular weight is 368 g/mol. The molecule has 0 aliphatic heterocycles. The van der Waals surface area contributed by atoms with Gasteiger partial charge in [0.2, 0.25) is 5.13 Å². The monoisotopic (exact) mass is 368 g/mol. The van der Waals surface area contributed by atoms with Crippen LogP contribution in [0.15, 0.2) is 30.5 Å². The van der Waals surface area contributed by atoms with Gasteiger partial charge in [-0.2, -0.15) is 18.3 Å². The normalized spacial score (nSPS) is 12.6. The molecular formula is C16H15F3N4OS. The molecule has 0 fully saturated rings. The molecule has 0 atom stereocenters. The highest BCUT2D eigenvalue weighted by Gasteiger charge is 2.41. The highest BCUT2D eigenvalue weighted by Crippen LogP contribution is 2.35. The molecule has 3 rings (SSSR count). The van der Waals surface area contributed by atoms with E-state index in [9.17, 15) is 18.0 Å². The second-order valence-electron chi connectivity index (χ2n) is 6.48. The molecule has 25 heavy (non-hydrogen) atoms. The van der Waals surface area contributed by atoms with E-state index in [4.69, 9.17) is 0 Å². The number of carbonyl (C=O) groups excluding carboxylic acids is 1. The molecule has 1 amide bonds. The molecule has 0 saturated heterocycles. The summed E-state index contributed by atoms with van der Waals surface area (Å²) in [7, 11) is 0. The third-order valence-electron chi connectivity index (χ3n) is 3.23. The second kappa shape index (κ2) is 5.83. The molecule has 0 bridgehead atoms. The topological polar surface area (TPSA) is 59.8 Å². The Labute approximate surface area is 145 Å². The predicted molar refractivity (Wildman–Crippen MR) is 89.0 cm³/mol. The van der Waals surface area contributed by atoms with Crippen LogP contribution in [0.5, 0.6) is 0 Å². The van der Waals surface area contributed by atoms with Gasteiger partial charge < -0.3 is 5.32 Å². The van der Waals surface area contributed by atoms with E-state index in [0.29, 0.717) is 10.2 Å². The van der Waals surface area contributed by atoms with Gasteiger partial charge in [0, 0.05) is 5.54 Å². The summed E-state index contributed by atoms with van der Waals surface area (Å²) < 4.78 is 42.3. The molecule has 3 aromatic rings. The van der Waals surface area contributed by atoms with Gasteiger partial charge >= 0.3 is 6.18 Å². The molecule has 1 N–H and O–H groups in total. The molecule has 5 nitrogen and oxygen atoms in total. The fraction of sp³-hybridized carbons (Fsp3) is 0.312. The molecule has 0 aliphatic rings.